The number of rotatable bonds is 11. The Bertz CT molecular complexity index is 194. The van der Waals surface area contributed by atoms with E-state index in [-0.39, 0.29) is 0 Å². The lowest BCUT2D eigenvalue weighted by Gasteiger charge is -2.21. The molecule has 5 nitrogen and oxygen atoms in total. The SMILES string of the molecule is CCCN(CCC)CCCC[C@H](NN)C(=O)O. The van der Waals surface area contributed by atoms with Crippen LogP contribution in [0.1, 0.15) is 46.0 Å². The number of hydrazine groups is 1. The molecule has 5 heteroatoms. The summed E-state index contributed by atoms with van der Waals surface area (Å²) in [6.07, 6.45) is 4.86. The van der Waals surface area contributed by atoms with Gasteiger partial charge in [0.15, 0.2) is 0 Å². The number of carboxylic acid groups (broad SMARTS) is 1. The standard InChI is InChI=1S/C12H27N3O2/c1-3-8-15(9-4-2)10-6-5-7-11(14-13)12(16)17/h11,14H,3-10,13H2,1-2H3,(H,16,17)/t11-/m0/s1. The van der Waals surface area contributed by atoms with Gasteiger partial charge in [0.05, 0.1) is 0 Å². The lowest BCUT2D eigenvalue weighted by atomic mass is 10.1. The van der Waals surface area contributed by atoms with Gasteiger partial charge < -0.3 is 10.0 Å². The quantitative estimate of drug-likeness (QED) is 0.289. The highest BCUT2D eigenvalue weighted by Crippen LogP contribution is 2.04. The van der Waals surface area contributed by atoms with E-state index in [1.807, 2.05) is 0 Å². The summed E-state index contributed by atoms with van der Waals surface area (Å²) in [5, 5.41) is 8.80. The molecule has 0 saturated heterocycles. The first kappa shape index (κ1) is 16.4. The van der Waals surface area contributed by atoms with Crippen molar-refractivity contribution in [2.24, 2.45) is 5.84 Å². The minimum atomic E-state index is -0.869. The van der Waals surface area contributed by atoms with E-state index in [1.54, 1.807) is 0 Å². The van der Waals surface area contributed by atoms with Crippen LogP contribution in [-0.4, -0.2) is 41.7 Å². The molecule has 0 radical (unpaired) electrons. The molecule has 0 aromatic heterocycles. The molecular formula is C12H27N3O2. The van der Waals surface area contributed by atoms with E-state index >= 15 is 0 Å². The van der Waals surface area contributed by atoms with Crippen molar-refractivity contribution < 1.29 is 9.90 Å². The van der Waals surface area contributed by atoms with Crippen molar-refractivity contribution in [3.05, 3.63) is 0 Å². The smallest absolute Gasteiger partial charge is 0.322 e. The van der Waals surface area contributed by atoms with Crippen LogP contribution in [0, 0.1) is 0 Å². The fourth-order valence-corrected chi connectivity index (χ4v) is 1.93. The minimum absolute atomic E-state index is 0.595. The van der Waals surface area contributed by atoms with Crippen molar-refractivity contribution in [1.29, 1.82) is 0 Å². The largest absolute Gasteiger partial charge is 0.480 e. The van der Waals surface area contributed by atoms with Gasteiger partial charge in [-0.05, 0) is 51.7 Å². The Kier molecular flexibility index (Phi) is 10.1. The lowest BCUT2D eigenvalue weighted by molar-refractivity contribution is -0.139. The highest BCUT2D eigenvalue weighted by Gasteiger charge is 2.14. The fraction of sp³-hybridized carbons (Fsp3) is 0.917. The fourth-order valence-electron chi connectivity index (χ4n) is 1.93. The highest BCUT2D eigenvalue weighted by atomic mass is 16.4. The van der Waals surface area contributed by atoms with Gasteiger partial charge in [-0.25, -0.2) is 5.43 Å². The first-order chi connectivity index (χ1) is 8.15. The predicted octanol–water partition coefficient (Wildman–Crippen LogP) is 1.20. The third-order valence-electron chi connectivity index (χ3n) is 2.80. The number of nitrogens with one attached hydrogen (secondary N) is 1. The van der Waals surface area contributed by atoms with Gasteiger partial charge in [-0.2, -0.15) is 0 Å². The molecule has 0 rings (SSSR count). The van der Waals surface area contributed by atoms with E-state index in [4.69, 9.17) is 10.9 Å². The summed E-state index contributed by atoms with van der Waals surface area (Å²) in [6.45, 7) is 7.68. The molecule has 0 amide bonds. The number of hydrogen-bond acceptors (Lipinski definition) is 4. The van der Waals surface area contributed by atoms with Gasteiger partial charge in [0.1, 0.15) is 6.04 Å². The predicted molar refractivity (Wildman–Crippen MR) is 69.6 cm³/mol. The van der Waals surface area contributed by atoms with Crippen LogP contribution in [0.5, 0.6) is 0 Å². The number of nitrogens with zero attached hydrogens (tertiary/aromatic N) is 1. The second-order valence-electron chi connectivity index (χ2n) is 4.39. The van der Waals surface area contributed by atoms with E-state index in [0.29, 0.717) is 6.42 Å². The normalized spacial score (nSPS) is 12.9. The summed E-state index contributed by atoms with van der Waals surface area (Å²) >= 11 is 0. The Hall–Kier alpha value is -0.650. The summed E-state index contributed by atoms with van der Waals surface area (Å²) in [6, 6.07) is -0.610. The number of carboxylic acids is 1. The van der Waals surface area contributed by atoms with Crippen LogP contribution in [0.3, 0.4) is 0 Å². The molecule has 0 bridgehead atoms. The second-order valence-corrected chi connectivity index (χ2v) is 4.39. The van der Waals surface area contributed by atoms with Crippen LogP contribution in [0.2, 0.25) is 0 Å². The summed E-state index contributed by atoms with van der Waals surface area (Å²) < 4.78 is 0. The first-order valence-corrected chi connectivity index (χ1v) is 6.56. The van der Waals surface area contributed by atoms with Gasteiger partial charge in [-0.15, -0.1) is 0 Å². The topological polar surface area (TPSA) is 78.6 Å². The Balaban J connectivity index is 3.69. The van der Waals surface area contributed by atoms with E-state index in [9.17, 15) is 4.79 Å². The van der Waals surface area contributed by atoms with E-state index in [1.165, 1.54) is 12.8 Å². The molecule has 0 heterocycles. The maximum absolute atomic E-state index is 10.7. The minimum Gasteiger partial charge on any atom is -0.480 e. The Morgan fingerprint density at radius 2 is 1.82 bits per heavy atom. The summed E-state index contributed by atoms with van der Waals surface area (Å²) in [4.78, 5) is 13.1. The molecule has 0 aromatic rings. The molecule has 1 atom stereocenters. The van der Waals surface area contributed by atoms with Crippen molar-refractivity contribution in [3.63, 3.8) is 0 Å². The number of hydrogen-bond donors (Lipinski definition) is 3. The third-order valence-corrected chi connectivity index (χ3v) is 2.80. The van der Waals surface area contributed by atoms with Crippen molar-refractivity contribution in [1.82, 2.24) is 10.3 Å². The Morgan fingerprint density at radius 1 is 1.24 bits per heavy atom. The molecule has 17 heavy (non-hydrogen) atoms. The Labute approximate surface area is 104 Å². The lowest BCUT2D eigenvalue weighted by Crippen LogP contribution is -2.41. The van der Waals surface area contributed by atoms with E-state index < -0.39 is 12.0 Å². The van der Waals surface area contributed by atoms with Crippen LogP contribution in [-0.2, 0) is 4.79 Å². The van der Waals surface area contributed by atoms with Gasteiger partial charge >= 0.3 is 5.97 Å². The highest BCUT2D eigenvalue weighted by molar-refractivity contribution is 5.73. The number of unbranched alkanes of at least 4 members (excludes halogenated alkanes) is 1. The van der Waals surface area contributed by atoms with Crippen LogP contribution >= 0.6 is 0 Å². The van der Waals surface area contributed by atoms with Gasteiger partial charge in [-0.3, -0.25) is 10.6 Å². The van der Waals surface area contributed by atoms with Crippen molar-refractivity contribution in [2.45, 2.75) is 52.0 Å². The number of aliphatic carboxylic acids is 1. The molecule has 0 unspecified atom stereocenters. The van der Waals surface area contributed by atoms with Crippen LogP contribution in [0.15, 0.2) is 0 Å². The average Bonchev–Trinajstić information content (AvgIpc) is 2.29. The molecule has 0 spiro atoms. The van der Waals surface area contributed by atoms with Crippen LogP contribution in [0.25, 0.3) is 0 Å². The van der Waals surface area contributed by atoms with Gasteiger partial charge in [-0.1, -0.05) is 13.8 Å². The monoisotopic (exact) mass is 245 g/mol. The molecule has 0 aromatic carbocycles. The average molecular weight is 245 g/mol. The molecule has 0 fully saturated rings. The maximum Gasteiger partial charge on any atom is 0.322 e. The zero-order valence-electron chi connectivity index (χ0n) is 11.1. The summed E-state index contributed by atoms with van der Waals surface area (Å²) in [5.41, 5.74) is 2.33. The van der Waals surface area contributed by atoms with Crippen molar-refractivity contribution in [3.8, 4) is 0 Å². The van der Waals surface area contributed by atoms with E-state index in [2.05, 4.69) is 24.2 Å². The summed E-state index contributed by atoms with van der Waals surface area (Å²) in [5.74, 6) is 4.30. The number of carbonyl (C=O) groups is 1. The second kappa shape index (κ2) is 10.5. The molecule has 0 saturated carbocycles. The zero-order chi connectivity index (χ0) is 13.1. The molecule has 0 aliphatic carbocycles. The van der Waals surface area contributed by atoms with Gasteiger partial charge in [0, 0.05) is 0 Å². The van der Waals surface area contributed by atoms with Crippen molar-refractivity contribution >= 4 is 5.97 Å². The summed E-state index contributed by atoms with van der Waals surface area (Å²) in [7, 11) is 0. The van der Waals surface area contributed by atoms with Gasteiger partial charge in [0.2, 0.25) is 0 Å². The molecular weight excluding hydrogens is 218 g/mol. The van der Waals surface area contributed by atoms with E-state index in [0.717, 1.165) is 32.5 Å². The first-order valence-electron chi connectivity index (χ1n) is 6.56. The van der Waals surface area contributed by atoms with Gasteiger partial charge in [0.25, 0.3) is 0 Å². The molecule has 0 aliphatic rings. The molecule has 4 N–H and O–H groups in total. The third kappa shape index (κ3) is 8.12. The van der Waals surface area contributed by atoms with Crippen molar-refractivity contribution in [2.75, 3.05) is 19.6 Å². The molecule has 0 aliphatic heterocycles. The van der Waals surface area contributed by atoms with Crippen LogP contribution in [0.4, 0.5) is 0 Å². The Morgan fingerprint density at radius 3 is 2.24 bits per heavy atom. The maximum atomic E-state index is 10.7. The van der Waals surface area contributed by atoms with Crippen LogP contribution < -0.4 is 11.3 Å². The number of nitrogens with two attached hydrogens (primary N) is 1. The zero-order valence-corrected chi connectivity index (χ0v) is 11.1. The molecule has 102 valence electrons.